The predicted octanol–water partition coefficient (Wildman–Crippen LogP) is 5.63. The molecule has 0 radical (unpaired) electrons. The van der Waals surface area contributed by atoms with Crippen LogP contribution in [0, 0.1) is 20.8 Å². The van der Waals surface area contributed by atoms with Crippen molar-refractivity contribution >= 4 is 16.9 Å². The molecule has 0 fully saturated rings. The average molecular weight is 475 g/mol. The van der Waals surface area contributed by atoms with Gasteiger partial charge in [-0.05, 0) is 56.2 Å². The van der Waals surface area contributed by atoms with Gasteiger partial charge in [0.15, 0.2) is 17.3 Å². The number of hydrogen-bond donors (Lipinski definition) is 0. The van der Waals surface area contributed by atoms with Crippen LogP contribution in [0.4, 0.5) is 0 Å². The van der Waals surface area contributed by atoms with E-state index in [4.69, 9.17) is 23.4 Å². The van der Waals surface area contributed by atoms with E-state index < -0.39 is 11.4 Å². The molecule has 7 heteroatoms. The van der Waals surface area contributed by atoms with Gasteiger partial charge in [0, 0.05) is 5.56 Å². The minimum atomic E-state index is -0.770. The van der Waals surface area contributed by atoms with Gasteiger partial charge in [0.1, 0.15) is 5.58 Å². The maximum Gasteiger partial charge on any atom is 0.344 e. The van der Waals surface area contributed by atoms with Gasteiger partial charge in [-0.2, -0.15) is 0 Å². The van der Waals surface area contributed by atoms with Crippen LogP contribution in [0.2, 0.25) is 0 Å². The molecule has 0 unspecified atom stereocenters. The second-order valence-electron chi connectivity index (χ2n) is 8.19. The molecule has 0 aliphatic rings. The second kappa shape index (κ2) is 9.54. The third kappa shape index (κ3) is 4.45. The van der Waals surface area contributed by atoms with Crippen LogP contribution < -0.4 is 24.4 Å². The minimum absolute atomic E-state index is 0.119. The molecule has 1 aromatic heterocycles. The number of aryl methyl sites for hydroxylation is 3. The van der Waals surface area contributed by atoms with E-state index in [1.54, 1.807) is 6.07 Å². The Morgan fingerprint density at radius 1 is 0.771 bits per heavy atom. The van der Waals surface area contributed by atoms with E-state index in [-0.39, 0.29) is 28.6 Å². The smallest absolute Gasteiger partial charge is 0.344 e. The average Bonchev–Trinajstić information content (AvgIpc) is 2.86. The van der Waals surface area contributed by atoms with Gasteiger partial charge in [-0.1, -0.05) is 29.8 Å². The van der Waals surface area contributed by atoms with Crippen LogP contribution in [0.5, 0.6) is 23.0 Å². The first-order valence-corrected chi connectivity index (χ1v) is 10.9. The zero-order valence-corrected chi connectivity index (χ0v) is 20.5. The summed E-state index contributed by atoms with van der Waals surface area (Å²) >= 11 is 0. The molecule has 0 spiro atoms. The van der Waals surface area contributed by atoms with Crippen LogP contribution in [0.15, 0.2) is 57.7 Å². The molecular formula is C28H26O7. The molecule has 0 atom stereocenters. The van der Waals surface area contributed by atoms with Crippen molar-refractivity contribution in [3.8, 4) is 34.3 Å². The molecule has 35 heavy (non-hydrogen) atoms. The molecule has 4 rings (SSSR count). The van der Waals surface area contributed by atoms with Gasteiger partial charge >= 0.3 is 5.97 Å². The summed E-state index contributed by atoms with van der Waals surface area (Å²) in [7, 11) is 4.37. The van der Waals surface area contributed by atoms with E-state index in [1.807, 2.05) is 51.1 Å². The van der Waals surface area contributed by atoms with Crippen molar-refractivity contribution < 1.29 is 28.2 Å². The number of rotatable bonds is 6. The summed E-state index contributed by atoms with van der Waals surface area (Å²) in [5.74, 6) is 0.120. The van der Waals surface area contributed by atoms with Crippen molar-refractivity contribution in [2.24, 2.45) is 0 Å². The lowest BCUT2D eigenvalue weighted by atomic mass is 10.0. The normalized spacial score (nSPS) is 10.8. The molecular weight excluding hydrogens is 448 g/mol. The van der Waals surface area contributed by atoms with Gasteiger partial charge in [0.05, 0.1) is 32.3 Å². The highest BCUT2D eigenvalue weighted by atomic mass is 16.5. The van der Waals surface area contributed by atoms with Crippen molar-refractivity contribution in [1.29, 1.82) is 0 Å². The molecule has 0 saturated heterocycles. The highest BCUT2D eigenvalue weighted by molar-refractivity contribution is 5.94. The maximum absolute atomic E-state index is 13.6. The van der Waals surface area contributed by atoms with Gasteiger partial charge in [-0.15, -0.1) is 0 Å². The van der Waals surface area contributed by atoms with Crippen LogP contribution in [-0.2, 0) is 0 Å². The summed E-state index contributed by atoms with van der Waals surface area (Å²) in [4.78, 5) is 26.8. The van der Waals surface area contributed by atoms with E-state index in [1.165, 1.54) is 33.5 Å². The number of fused-ring (bicyclic) bond motifs is 1. The lowest BCUT2D eigenvalue weighted by Gasteiger charge is -2.15. The number of carbonyl (C=O) groups is 1. The number of benzene rings is 3. The number of carbonyl (C=O) groups excluding carboxylic acids is 1. The van der Waals surface area contributed by atoms with Crippen molar-refractivity contribution in [2.45, 2.75) is 20.8 Å². The van der Waals surface area contributed by atoms with Crippen LogP contribution >= 0.6 is 0 Å². The Balaban J connectivity index is 1.90. The first kappa shape index (κ1) is 23.9. The summed E-state index contributed by atoms with van der Waals surface area (Å²) in [6.07, 6.45) is 0. The van der Waals surface area contributed by atoms with Gasteiger partial charge in [-0.25, -0.2) is 4.79 Å². The summed E-state index contributed by atoms with van der Waals surface area (Å²) in [5, 5.41) is 0.330. The molecule has 4 aromatic rings. The van der Waals surface area contributed by atoms with Crippen LogP contribution in [0.25, 0.3) is 22.3 Å². The fourth-order valence-corrected chi connectivity index (χ4v) is 3.77. The van der Waals surface area contributed by atoms with Crippen LogP contribution in [0.1, 0.15) is 27.0 Å². The number of methoxy groups -OCH3 is 3. The summed E-state index contributed by atoms with van der Waals surface area (Å²) in [5.41, 5.74) is 3.66. The Morgan fingerprint density at radius 2 is 1.37 bits per heavy atom. The largest absolute Gasteiger partial charge is 0.493 e. The molecule has 0 bridgehead atoms. The first-order chi connectivity index (χ1) is 16.8. The second-order valence-corrected chi connectivity index (χ2v) is 8.19. The summed E-state index contributed by atoms with van der Waals surface area (Å²) in [6.45, 7) is 5.81. The van der Waals surface area contributed by atoms with Crippen LogP contribution in [-0.4, -0.2) is 27.3 Å². The standard InChI is InChI=1S/C28H26O7/c1-15-7-9-18(10-8-15)25-27(24(29)20-11-16(2)17(3)12-21(20)34-25)35-28(30)19-13-22(31-4)26(33-6)23(14-19)32-5/h7-14H,1-6H3. The van der Waals surface area contributed by atoms with Gasteiger partial charge < -0.3 is 23.4 Å². The van der Waals surface area contributed by atoms with E-state index in [2.05, 4.69) is 0 Å². The fraction of sp³-hybridized carbons (Fsp3) is 0.214. The van der Waals surface area contributed by atoms with Crippen molar-refractivity contribution in [2.75, 3.05) is 21.3 Å². The lowest BCUT2D eigenvalue weighted by Crippen LogP contribution is -2.17. The van der Waals surface area contributed by atoms with E-state index in [0.717, 1.165) is 16.7 Å². The van der Waals surface area contributed by atoms with E-state index >= 15 is 0 Å². The third-order valence-corrected chi connectivity index (χ3v) is 5.87. The summed E-state index contributed by atoms with van der Waals surface area (Å²) < 4.78 is 27.8. The van der Waals surface area contributed by atoms with Crippen molar-refractivity contribution in [1.82, 2.24) is 0 Å². The Morgan fingerprint density at radius 3 is 1.94 bits per heavy atom. The summed E-state index contributed by atoms with van der Waals surface area (Å²) in [6, 6.07) is 13.9. The van der Waals surface area contributed by atoms with Gasteiger partial charge in [0.25, 0.3) is 0 Å². The van der Waals surface area contributed by atoms with Crippen LogP contribution in [0.3, 0.4) is 0 Å². The van der Waals surface area contributed by atoms with E-state index in [9.17, 15) is 9.59 Å². The quantitative estimate of drug-likeness (QED) is 0.335. The molecule has 0 aliphatic heterocycles. The lowest BCUT2D eigenvalue weighted by molar-refractivity contribution is 0.0730. The molecule has 180 valence electrons. The number of hydrogen-bond acceptors (Lipinski definition) is 7. The molecule has 0 N–H and O–H groups in total. The topological polar surface area (TPSA) is 84.2 Å². The zero-order valence-electron chi connectivity index (χ0n) is 20.5. The molecule has 0 saturated carbocycles. The fourth-order valence-electron chi connectivity index (χ4n) is 3.77. The SMILES string of the molecule is COc1cc(C(=O)Oc2c(-c3ccc(C)cc3)oc3cc(C)c(C)cc3c2=O)cc(OC)c1OC. The molecule has 0 amide bonds. The Labute approximate surface area is 202 Å². The minimum Gasteiger partial charge on any atom is -0.493 e. The van der Waals surface area contributed by atoms with Crippen molar-refractivity contribution in [3.63, 3.8) is 0 Å². The predicted molar refractivity (Wildman–Crippen MR) is 133 cm³/mol. The molecule has 3 aromatic carbocycles. The first-order valence-electron chi connectivity index (χ1n) is 10.9. The maximum atomic E-state index is 13.6. The van der Waals surface area contributed by atoms with Gasteiger partial charge in [-0.3, -0.25) is 4.79 Å². The van der Waals surface area contributed by atoms with Gasteiger partial charge in [0.2, 0.25) is 16.9 Å². The number of ether oxygens (including phenoxy) is 4. The molecule has 7 nitrogen and oxygen atoms in total. The van der Waals surface area contributed by atoms with E-state index in [0.29, 0.717) is 22.3 Å². The van der Waals surface area contributed by atoms with Crippen molar-refractivity contribution in [3.05, 3.63) is 81.0 Å². The zero-order chi connectivity index (χ0) is 25.3. The molecule has 1 heterocycles. The highest BCUT2D eigenvalue weighted by Crippen LogP contribution is 2.39. The Bertz CT molecular complexity index is 1460. The number of esters is 1. The Hall–Kier alpha value is -4.26. The Kier molecular flexibility index (Phi) is 6.51. The highest BCUT2D eigenvalue weighted by Gasteiger charge is 2.24. The third-order valence-electron chi connectivity index (χ3n) is 5.87. The molecule has 0 aliphatic carbocycles. The monoisotopic (exact) mass is 474 g/mol.